The predicted molar refractivity (Wildman–Crippen MR) is 24.5 cm³/mol. The summed E-state index contributed by atoms with van der Waals surface area (Å²) in [6.07, 6.45) is 2.00. The summed E-state index contributed by atoms with van der Waals surface area (Å²) in [5, 5.41) is 3.44. The molecule has 2 heteroatoms. The van der Waals surface area contributed by atoms with E-state index in [-0.39, 0.29) is 0 Å². The van der Waals surface area contributed by atoms with Gasteiger partial charge in [0.25, 0.3) is 0 Å². The topological polar surface area (TPSA) is 26.0 Å². The molecular weight excluding hydrogens is 90.1 g/mol. The molecule has 7 heavy (non-hydrogen) atoms. The van der Waals surface area contributed by atoms with Gasteiger partial charge in [-0.3, -0.25) is 0 Å². The average molecular weight is 95.1 g/mol. The third-order valence-electron chi connectivity index (χ3n) is 0.692. The fourth-order valence-corrected chi connectivity index (χ4v) is 0.347. The summed E-state index contributed by atoms with van der Waals surface area (Å²) in [5.74, 6) is 0.722. The Labute approximate surface area is 42.1 Å². The van der Waals surface area contributed by atoms with E-state index in [1.165, 1.54) is 0 Å². The van der Waals surface area contributed by atoms with E-state index in [0.717, 1.165) is 5.76 Å². The highest BCUT2D eigenvalue weighted by Gasteiger charge is 1.86. The summed E-state index contributed by atoms with van der Waals surface area (Å²) in [6.45, 7) is 5.16. The molecule has 0 unspecified atom stereocenters. The zero-order valence-electron chi connectivity index (χ0n) is 3.79. The summed E-state index contributed by atoms with van der Waals surface area (Å²) >= 11 is 0. The summed E-state index contributed by atoms with van der Waals surface area (Å²) < 4.78 is 4.61. The van der Waals surface area contributed by atoms with Gasteiger partial charge in [0.1, 0.15) is 5.76 Å². The van der Waals surface area contributed by atoms with Crippen LogP contribution in [-0.2, 0) is 6.42 Å². The second-order valence-corrected chi connectivity index (χ2v) is 1.18. The van der Waals surface area contributed by atoms with Crippen LogP contribution in [0.3, 0.4) is 0 Å². The SMILES string of the molecule is [CH]Cc1ccno1. The molecule has 2 nitrogen and oxygen atoms in total. The van der Waals surface area contributed by atoms with Crippen molar-refractivity contribution < 1.29 is 4.52 Å². The first-order chi connectivity index (χ1) is 3.43. The first-order valence-electron chi connectivity index (χ1n) is 2.03. The first-order valence-corrected chi connectivity index (χ1v) is 2.03. The van der Waals surface area contributed by atoms with E-state index in [1.54, 1.807) is 12.3 Å². The van der Waals surface area contributed by atoms with Gasteiger partial charge in [-0.2, -0.15) is 0 Å². The number of rotatable bonds is 1. The van der Waals surface area contributed by atoms with Gasteiger partial charge in [-0.25, -0.2) is 0 Å². The fraction of sp³-hybridized carbons (Fsp3) is 0.200. The van der Waals surface area contributed by atoms with Crippen LogP contribution in [0, 0.1) is 6.92 Å². The maximum absolute atomic E-state index is 5.16. The van der Waals surface area contributed by atoms with Gasteiger partial charge in [-0.1, -0.05) is 5.16 Å². The van der Waals surface area contributed by atoms with Crippen molar-refractivity contribution in [3.63, 3.8) is 0 Å². The molecule has 2 radical (unpaired) electrons. The van der Waals surface area contributed by atoms with Crippen LogP contribution in [0.1, 0.15) is 5.76 Å². The van der Waals surface area contributed by atoms with Crippen molar-refractivity contribution in [3.05, 3.63) is 24.9 Å². The lowest BCUT2D eigenvalue weighted by molar-refractivity contribution is 0.390. The number of hydrogen-bond acceptors (Lipinski definition) is 2. The fourth-order valence-electron chi connectivity index (χ4n) is 0.347. The number of hydrogen-bond donors (Lipinski definition) is 0. The molecule has 0 aliphatic carbocycles. The van der Waals surface area contributed by atoms with Gasteiger partial charge in [-0.15, -0.1) is 0 Å². The smallest absolute Gasteiger partial charge is 0.137 e. The van der Waals surface area contributed by atoms with E-state index in [0.29, 0.717) is 6.42 Å². The van der Waals surface area contributed by atoms with E-state index in [9.17, 15) is 0 Å². The Morgan fingerprint density at radius 1 is 1.86 bits per heavy atom. The van der Waals surface area contributed by atoms with Gasteiger partial charge in [0.2, 0.25) is 0 Å². The maximum atomic E-state index is 5.16. The molecule has 0 bridgehead atoms. The van der Waals surface area contributed by atoms with E-state index < -0.39 is 0 Å². The van der Waals surface area contributed by atoms with Crippen LogP contribution in [0.25, 0.3) is 0 Å². The first kappa shape index (κ1) is 4.37. The van der Waals surface area contributed by atoms with Gasteiger partial charge in [0.15, 0.2) is 0 Å². The highest BCUT2D eigenvalue weighted by atomic mass is 16.5. The van der Waals surface area contributed by atoms with Crippen molar-refractivity contribution in [2.45, 2.75) is 6.42 Å². The Kier molecular flexibility index (Phi) is 1.11. The molecule has 1 aromatic rings. The second-order valence-electron chi connectivity index (χ2n) is 1.18. The van der Waals surface area contributed by atoms with Crippen molar-refractivity contribution in [3.8, 4) is 0 Å². The van der Waals surface area contributed by atoms with Crippen LogP contribution in [0.2, 0.25) is 0 Å². The van der Waals surface area contributed by atoms with Crippen LogP contribution in [0.15, 0.2) is 16.8 Å². The zero-order chi connectivity index (χ0) is 5.11. The number of nitrogens with zero attached hydrogens (tertiary/aromatic N) is 1. The predicted octanol–water partition coefficient (Wildman–Crippen LogP) is 0.928. The average Bonchev–Trinajstić information content (AvgIpc) is 2.14. The summed E-state index contributed by atoms with van der Waals surface area (Å²) in [4.78, 5) is 0. The van der Waals surface area contributed by atoms with Crippen LogP contribution in [0.5, 0.6) is 0 Å². The molecule has 0 aliphatic rings. The van der Waals surface area contributed by atoms with E-state index in [1.807, 2.05) is 0 Å². The molecule has 0 fully saturated rings. The van der Waals surface area contributed by atoms with Crippen LogP contribution in [-0.4, -0.2) is 5.16 Å². The van der Waals surface area contributed by atoms with E-state index in [4.69, 9.17) is 6.92 Å². The van der Waals surface area contributed by atoms with E-state index in [2.05, 4.69) is 9.68 Å². The molecule has 1 aromatic heterocycles. The summed E-state index contributed by atoms with van der Waals surface area (Å²) in [6, 6.07) is 1.74. The lowest BCUT2D eigenvalue weighted by atomic mass is 10.4. The monoisotopic (exact) mass is 95.0 g/mol. The molecule has 0 aromatic carbocycles. The van der Waals surface area contributed by atoms with Crippen LogP contribution in [0.4, 0.5) is 0 Å². The number of aromatic nitrogens is 1. The van der Waals surface area contributed by atoms with Gasteiger partial charge in [0, 0.05) is 12.5 Å². The summed E-state index contributed by atoms with van der Waals surface area (Å²) in [7, 11) is 0. The lowest BCUT2D eigenvalue weighted by Crippen LogP contribution is -1.68. The summed E-state index contributed by atoms with van der Waals surface area (Å²) in [5.41, 5.74) is 0. The highest BCUT2D eigenvalue weighted by molar-refractivity contribution is 4.92. The minimum Gasteiger partial charge on any atom is -0.361 e. The lowest BCUT2D eigenvalue weighted by Gasteiger charge is -1.76. The Morgan fingerprint density at radius 2 is 2.71 bits per heavy atom. The van der Waals surface area contributed by atoms with Crippen LogP contribution < -0.4 is 0 Å². The molecule has 36 valence electrons. The van der Waals surface area contributed by atoms with Gasteiger partial charge < -0.3 is 4.52 Å². The normalized spacial score (nSPS) is 9.29. The van der Waals surface area contributed by atoms with Crippen molar-refractivity contribution in [2.75, 3.05) is 0 Å². The maximum Gasteiger partial charge on any atom is 0.137 e. The standard InChI is InChI=1S/C5H5NO/c1-2-5-3-4-6-7-5/h1,3-4H,2H2. The molecule has 0 spiro atoms. The minimum absolute atomic E-state index is 0.431. The molecule has 1 heterocycles. The molecule has 0 amide bonds. The van der Waals surface area contributed by atoms with Gasteiger partial charge in [0.05, 0.1) is 6.20 Å². The molecule has 0 saturated carbocycles. The van der Waals surface area contributed by atoms with Crippen LogP contribution >= 0.6 is 0 Å². The molecule has 0 N–H and O–H groups in total. The minimum atomic E-state index is 0.431. The molecule has 0 saturated heterocycles. The molecule has 0 aliphatic heterocycles. The van der Waals surface area contributed by atoms with E-state index >= 15 is 0 Å². The van der Waals surface area contributed by atoms with Crippen molar-refractivity contribution >= 4 is 0 Å². The molecule has 1 rings (SSSR count). The Balaban J connectivity index is 2.76. The van der Waals surface area contributed by atoms with Gasteiger partial charge in [-0.05, 0) is 6.92 Å². The molecule has 0 atom stereocenters. The Hall–Kier alpha value is -0.790. The van der Waals surface area contributed by atoms with Crippen molar-refractivity contribution in [1.82, 2.24) is 5.16 Å². The second kappa shape index (κ2) is 1.78. The largest absolute Gasteiger partial charge is 0.361 e. The molecular formula is C5H5NO. The quantitative estimate of drug-likeness (QED) is 0.518. The highest BCUT2D eigenvalue weighted by Crippen LogP contribution is 1.94. The third-order valence-corrected chi connectivity index (χ3v) is 0.692. The van der Waals surface area contributed by atoms with Crippen molar-refractivity contribution in [2.24, 2.45) is 0 Å². The Morgan fingerprint density at radius 3 is 3.00 bits per heavy atom. The van der Waals surface area contributed by atoms with Gasteiger partial charge >= 0.3 is 0 Å². The van der Waals surface area contributed by atoms with Crippen molar-refractivity contribution in [1.29, 1.82) is 0 Å². The third kappa shape index (κ3) is 0.796. The Bertz CT molecular complexity index is 123. The zero-order valence-corrected chi connectivity index (χ0v) is 3.79.